The maximum absolute atomic E-state index is 12.3. The third-order valence-electron chi connectivity index (χ3n) is 3.67. The lowest BCUT2D eigenvalue weighted by atomic mass is 10.2. The summed E-state index contributed by atoms with van der Waals surface area (Å²) < 4.78 is 5.41. The van der Waals surface area contributed by atoms with Gasteiger partial charge in [0.05, 0.1) is 6.04 Å². The van der Waals surface area contributed by atoms with Crippen LogP contribution in [0.4, 0.5) is 9.59 Å². The Morgan fingerprint density at radius 1 is 1.29 bits per heavy atom. The molecule has 2 aliphatic heterocycles. The largest absolute Gasteiger partial charge is 0.444 e. The summed E-state index contributed by atoms with van der Waals surface area (Å²) in [5.41, 5.74) is -0.483. The van der Waals surface area contributed by atoms with E-state index in [9.17, 15) is 9.59 Å². The predicted molar refractivity (Wildman–Crippen MR) is 80.1 cm³/mol. The van der Waals surface area contributed by atoms with Gasteiger partial charge in [-0.1, -0.05) is 13.8 Å². The monoisotopic (exact) mass is 297 g/mol. The lowest BCUT2D eigenvalue weighted by Crippen LogP contribution is -2.54. The molecule has 2 saturated heterocycles. The minimum absolute atomic E-state index is 0.0949. The van der Waals surface area contributed by atoms with Gasteiger partial charge in [0, 0.05) is 32.7 Å². The van der Waals surface area contributed by atoms with E-state index in [2.05, 4.69) is 13.8 Å². The number of rotatable bonds is 2. The number of carbonyl (C=O) groups excluding carboxylic acids is 2. The highest BCUT2D eigenvalue weighted by atomic mass is 16.6. The Labute approximate surface area is 127 Å². The molecule has 0 saturated carbocycles. The maximum atomic E-state index is 12.3. The van der Waals surface area contributed by atoms with Gasteiger partial charge in [0.1, 0.15) is 5.60 Å². The molecule has 2 fully saturated rings. The second kappa shape index (κ2) is 5.73. The topological polar surface area (TPSA) is 53.1 Å². The minimum Gasteiger partial charge on any atom is -0.444 e. The fourth-order valence-electron chi connectivity index (χ4n) is 2.86. The zero-order chi connectivity index (χ0) is 15.8. The molecule has 0 spiro atoms. The van der Waals surface area contributed by atoms with E-state index in [1.807, 2.05) is 30.6 Å². The molecule has 0 aromatic rings. The number of fused-ring (bicyclic) bond motifs is 1. The van der Waals surface area contributed by atoms with Crippen LogP contribution in [0.25, 0.3) is 0 Å². The number of piperazine rings is 1. The minimum atomic E-state index is -0.483. The highest BCUT2D eigenvalue weighted by Crippen LogP contribution is 2.22. The van der Waals surface area contributed by atoms with Crippen molar-refractivity contribution in [3.05, 3.63) is 0 Å². The molecular weight excluding hydrogens is 270 g/mol. The van der Waals surface area contributed by atoms with Gasteiger partial charge >= 0.3 is 12.1 Å². The molecule has 0 aromatic carbocycles. The molecule has 0 unspecified atom stereocenters. The molecule has 0 aromatic heterocycles. The fraction of sp³-hybridized carbons (Fsp3) is 0.867. The Morgan fingerprint density at radius 2 is 1.95 bits per heavy atom. The van der Waals surface area contributed by atoms with Gasteiger partial charge in [0.15, 0.2) is 0 Å². The molecule has 1 atom stereocenters. The summed E-state index contributed by atoms with van der Waals surface area (Å²) in [5.74, 6) is 0.456. The van der Waals surface area contributed by atoms with Crippen LogP contribution in [0, 0.1) is 5.92 Å². The first-order valence-corrected chi connectivity index (χ1v) is 7.71. The Hall–Kier alpha value is -1.46. The normalized spacial score (nSPS) is 22.9. The third kappa shape index (κ3) is 3.80. The number of hydrogen-bond acceptors (Lipinski definition) is 3. The Balaban J connectivity index is 1.95. The van der Waals surface area contributed by atoms with Crippen LogP contribution in [-0.2, 0) is 4.74 Å². The van der Waals surface area contributed by atoms with Crippen LogP contribution in [0.3, 0.4) is 0 Å². The van der Waals surface area contributed by atoms with E-state index < -0.39 is 5.60 Å². The molecule has 0 bridgehead atoms. The van der Waals surface area contributed by atoms with E-state index in [0.717, 1.165) is 6.54 Å². The molecule has 0 radical (unpaired) electrons. The average Bonchev–Trinajstić information content (AvgIpc) is 2.63. The van der Waals surface area contributed by atoms with Gasteiger partial charge in [-0.2, -0.15) is 0 Å². The van der Waals surface area contributed by atoms with Crippen molar-refractivity contribution in [1.29, 1.82) is 0 Å². The van der Waals surface area contributed by atoms with E-state index >= 15 is 0 Å². The molecule has 0 N–H and O–H groups in total. The van der Waals surface area contributed by atoms with Crippen molar-refractivity contribution in [1.82, 2.24) is 14.7 Å². The van der Waals surface area contributed by atoms with Gasteiger partial charge in [-0.3, -0.25) is 0 Å². The molecular formula is C15H27N3O3. The predicted octanol–water partition coefficient (Wildman–Crippen LogP) is 2.00. The van der Waals surface area contributed by atoms with Gasteiger partial charge in [-0.05, 0) is 26.7 Å². The molecule has 2 rings (SSSR count). The molecule has 120 valence electrons. The molecule has 2 heterocycles. The average molecular weight is 297 g/mol. The quantitative estimate of drug-likeness (QED) is 0.783. The first kappa shape index (κ1) is 15.9. The van der Waals surface area contributed by atoms with E-state index in [0.29, 0.717) is 32.1 Å². The highest BCUT2D eigenvalue weighted by molar-refractivity contribution is 5.78. The van der Waals surface area contributed by atoms with E-state index in [1.165, 1.54) is 0 Å². The molecule has 3 amide bonds. The number of urea groups is 1. The first-order valence-electron chi connectivity index (χ1n) is 7.71. The second-order valence-corrected chi connectivity index (χ2v) is 7.35. The molecule has 21 heavy (non-hydrogen) atoms. The van der Waals surface area contributed by atoms with Crippen molar-refractivity contribution in [2.24, 2.45) is 5.92 Å². The zero-order valence-electron chi connectivity index (χ0n) is 13.8. The van der Waals surface area contributed by atoms with Crippen LogP contribution in [-0.4, -0.2) is 71.2 Å². The number of carbonyl (C=O) groups is 2. The summed E-state index contributed by atoms with van der Waals surface area (Å²) >= 11 is 0. The Bertz CT molecular complexity index is 417. The zero-order valence-corrected chi connectivity index (χ0v) is 13.8. The highest BCUT2D eigenvalue weighted by Gasteiger charge is 2.42. The molecule has 2 aliphatic rings. The van der Waals surface area contributed by atoms with Crippen LogP contribution >= 0.6 is 0 Å². The first-order chi connectivity index (χ1) is 9.67. The summed E-state index contributed by atoms with van der Waals surface area (Å²) in [5, 5.41) is 0. The van der Waals surface area contributed by atoms with Gasteiger partial charge < -0.3 is 19.4 Å². The second-order valence-electron chi connectivity index (χ2n) is 7.35. The van der Waals surface area contributed by atoms with Gasteiger partial charge in [-0.15, -0.1) is 0 Å². The standard InChI is InChI=1S/C15H27N3O3/c1-11(2)8-17-10-12-9-16(6-7-18(12)13(17)19)14(20)21-15(3,4)5/h11-12H,6-10H2,1-5H3/t12-/m0/s1. The Kier molecular flexibility index (Phi) is 4.35. The van der Waals surface area contributed by atoms with Crippen molar-refractivity contribution in [3.63, 3.8) is 0 Å². The van der Waals surface area contributed by atoms with Gasteiger partial charge in [-0.25, -0.2) is 9.59 Å². The van der Waals surface area contributed by atoms with Crippen molar-refractivity contribution in [2.45, 2.75) is 46.3 Å². The number of nitrogens with zero attached hydrogens (tertiary/aromatic N) is 3. The smallest absolute Gasteiger partial charge is 0.410 e. The lowest BCUT2D eigenvalue weighted by molar-refractivity contribution is 0.0127. The summed E-state index contributed by atoms with van der Waals surface area (Å²) in [6.07, 6.45) is -0.281. The van der Waals surface area contributed by atoms with Crippen molar-refractivity contribution >= 4 is 12.1 Å². The maximum Gasteiger partial charge on any atom is 0.410 e. The van der Waals surface area contributed by atoms with Crippen molar-refractivity contribution < 1.29 is 14.3 Å². The van der Waals surface area contributed by atoms with Crippen LogP contribution in [0.15, 0.2) is 0 Å². The van der Waals surface area contributed by atoms with Crippen LogP contribution in [0.2, 0.25) is 0 Å². The lowest BCUT2D eigenvalue weighted by Gasteiger charge is -2.37. The fourth-order valence-corrected chi connectivity index (χ4v) is 2.86. The Morgan fingerprint density at radius 3 is 2.52 bits per heavy atom. The molecule has 6 nitrogen and oxygen atoms in total. The number of ether oxygens (including phenoxy) is 1. The molecule has 0 aliphatic carbocycles. The summed E-state index contributed by atoms with van der Waals surface area (Å²) in [7, 11) is 0. The SMILES string of the molecule is CC(C)CN1C[C@@H]2CN(C(=O)OC(C)(C)C)CCN2C1=O. The molecule has 6 heteroatoms. The van der Waals surface area contributed by atoms with Gasteiger partial charge in [0.2, 0.25) is 0 Å². The summed E-state index contributed by atoms with van der Waals surface area (Å²) in [6, 6.07) is 0.204. The third-order valence-corrected chi connectivity index (χ3v) is 3.67. The van der Waals surface area contributed by atoms with Crippen molar-refractivity contribution in [2.75, 3.05) is 32.7 Å². The number of hydrogen-bond donors (Lipinski definition) is 0. The number of amides is 3. The summed E-state index contributed by atoms with van der Waals surface area (Å²) in [4.78, 5) is 29.9. The van der Waals surface area contributed by atoms with Crippen LogP contribution in [0.1, 0.15) is 34.6 Å². The van der Waals surface area contributed by atoms with E-state index in [-0.39, 0.29) is 18.2 Å². The van der Waals surface area contributed by atoms with E-state index in [1.54, 1.807) is 4.90 Å². The van der Waals surface area contributed by atoms with Crippen LogP contribution < -0.4 is 0 Å². The van der Waals surface area contributed by atoms with E-state index in [4.69, 9.17) is 4.74 Å². The van der Waals surface area contributed by atoms with Crippen LogP contribution in [0.5, 0.6) is 0 Å². The van der Waals surface area contributed by atoms with Gasteiger partial charge in [0.25, 0.3) is 0 Å². The van der Waals surface area contributed by atoms with Crippen molar-refractivity contribution in [3.8, 4) is 0 Å². The summed E-state index contributed by atoms with van der Waals surface area (Å²) in [6.45, 7) is 13.0.